The summed E-state index contributed by atoms with van der Waals surface area (Å²) in [5.74, 6) is 0.750. The average molecular weight is 201 g/mol. The van der Waals surface area contributed by atoms with Crippen LogP contribution in [-0.2, 0) is 9.53 Å². The van der Waals surface area contributed by atoms with Crippen LogP contribution in [0.1, 0.15) is 47.5 Å². The minimum atomic E-state index is -0.0833. The van der Waals surface area contributed by atoms with Crippen LogP contribution >= 0.6 is 0 Å². The summed E-state index contributed by atoms with van der Waals surface area (Å²) < 4.78 is 4.76. The van der Waals surface area contributed by atoms with Gasteiger partial charge in [-0.3, -0.25) is 4.79 Å². The Hall–Kier alpha value is -0.530. The van der Waals surface area contributed by atoms with Crippen molar-refractivity contribution in [3.05, 3.63) is 6.92 Å². The standard InChI is InChI=1S/C7H14O2.C5H11/c1-4-6(3)7(8)9-5-2;1-4-5(2)3/h6H,4-5H2,1-3H3;5H,1,4H2,2-3H3. The second-order valence-electron chi connectivity index (χ2n) is 3.74. The number of carbonyl (C=O) groups is 1. The number of ether oxygens (including phenoxy) is 1. The van der Waals surface area contributed by atoms with E-state index in [0.717, 1.165) is 18.8 Å². The highest BCUT2D eigenvalue weighted by atomic mass is 16.5. The molecule has 14 heavy (non-hydrogen) atoms. The molecule has 0 aliphatic rings. The molecule has 1 atom stereocenters. The first-order chi connectivity index (χ1) is 6.49. The Morgan fingerprint density at radius 3 is 1.93 bits per heavy atom. The zero-order chi connectivity index (χ0) is 11.6. The minimum Gasteiger partial charge on any atom is -0.466 e. The second-order valence-corrected chi connectivity index (χ2v) is 3.74. The molecule has 0 aromatic heterocycles. The molecule has 85 valence electrons. The number of carbonyl (C=O) groups excluding carboxylic acids is 1. The third kappa shape index (κ3) is 11.5. The van der Waals surface area contributed by atoms with Gasteiger partial charge in [0.25, 0.3) is 0 Å². The Bertz CT molecular complexity index is 130. The average Bonchev–Trinajstić information content (AvgIpc) is 2.17. The van der Waals surface area contributed by atoms with Gasteiger partial charge in [0.2, 0.25) is 0 Å². The van der Waals surface area contributed by atoms with Crippen molar-refractivity contribution in [2.75, 3.05) is 6.61 Å². The summed E-state index contributed by atoms with van der Waals surface area (Å²) in [6.07, 6.45) is 1.92. The van der Waals surface area contributed by atoms with E-state index in [2.05, 4.69) is 20.8 Å². The van der Waals surface area contributed by atoms with E-state index < -0.39 is 0 Å². The minimum absolute atomic E-state index is 0.0601. The van der Waals surface area contributed by atoms with Crippen molar-refractivity contribution in [2.45, 2.75) is 47.5 Å². The van der Waals surface area contributed by atoms with E-state index in [-0.39, 0.29) is 11.9 Å². The Morgan fingerprint density at radius 2 is 1.71 bits per heavy atom. The fourth-order valence-corrected chi connectivity index (χ4v) is 0.451. The molecule has 0 heterocycles. The predicted octanol–water partition coefficient (Wildman–Crippen LogP) is 3.46. The van der Waals surface area contributed by atoms with Crippen molar-refractivity contribution in [1.82, 2.24) is 0 Å². The van der Waals surface area contributed by atoms with Crippen molar-refractivity contribution in [3.8, 4) is 0 Å². The molecular weight excluding hydrogens is 176 g/mol. The van der Waals surface area contributed by atoms with Gasteiger partial charge in [0.1, 0.15) is 0 Å². The molecule has 0 saturated heterocycles. The van der Waals surface area contributed by atoms with Crippen LogP contribution in [0.5, 0.6) is 0 Å². The zero-order valence-electron chi connectivity index (χ0n) is 10.3. The Balaban J connectivity index is 0. The molecule has 0 aliphatic heterocycles. The Morgan fingerprint density at radius 1 is 1.29 bits per heavy atom. The molecule has 2 heteroatoms. The first-order valence-electron chi connectivity index (χ1n) is 5.45. The Kier molecular flexibility index (Phi) is 12.0. The van der Waals surface area contributed by atoms with Crippen molar-refractivity contribution in [3.63, 3.8) is 0 Å². The van der Waals surface area contributed by atoms with E-state index in [1.807, 2.05) is 20.8 Å². The van der Waals surface area contributed by atoms with E-state index in [4.69, 9.17) is 4.74 Å². The molecule has 0 rings (SSSR count). The summed E-state index contributed by atoms with van der Waals surface area (Å²) in [5, 5.41) is 0. The van der Waals surface area contributed by atoms with E-state index in [1.54, 1.807) is 0 Å². The van der Waals surface area contributed by atoms with Gasteiger partial charge in [-0.25, -0.2) is 0 Å². The maximum absolute atomic E-state index is 10.8. The van der Waals surface area contributed by atoms with Crippen LogP contribution in [0.2, 0.25) is 0 Å². The van der Waals surface area contributed by atoms with Gasteiger partial charge in [0, 0.05) is 0 Å². The fourth-order valence-electron chi connectivity index (χ4n) is 0.451. The topological polar surface area (TPSA) is 26.3 Å². The Labute approximate surface area is 89.0 Å². The van der Waals surface area contributed by atoms with E-state index in [0.29, 0.717) is 6.61 Å². The predicted molar refractivity (Wildman–Crippen MR) is 60.9 cm³/mol. The summed E-state index contributed by atoms with van der Waals surface area (Å²) in [4.78, 5) is 10.8. The maximum atomic E-state index is 10.8. The summed E-state index contributed by atoms with van der Waals surface area (Å²) in [6.45, 7) is 14.2. The molecule has 1 unspecified atom stereocenters. The molecule has 0 bridgehead atoms. The quantitative estimate of drug-likeness (QED) is 0.651. The molecule has 0 aromatic rings. The molecule has 0 aromatic carbocycles. The van der Waals surface area contributed by atoms with Gasteiger partial charge in [0.15, 0.2) is 0 Å². The normalized spacial score (nSPS) is 11.6. The largest absolute Gasteiger partial charge is 0.466 e. The SMILES string of the molecule is CCOC(=O)C(C)CC.[CH2]CC(C)C. The lowest BCUT2D eigenvalue weighted by atomic mass is 10.1. The lowest BCUT2D eigenvalue weighted by Crippen LogP contribution is -2.13. The van der Waals surface area contributed by atoms with Gasteiger partial charge >= 0.3 is 5.97 Å². The third-order valence-corrected chi connectivity index (χ3v) is 1.88. The van der Waals surface area contributed by atoms with Crippen LogP contribution in [0.3, 0.4) is 0 Å². The van der Waals surface area contributed by atoms with E-state index >= 15 is 0 Å². The van der Waals surface area contributed by atoms with Gasteiger partial charge < -0.3 is 4.74 Å². The van der Waals surface area contributed by atoms with Crippen LogP contribution in [0.4, 0.5) is 0 Å². The monoisotopic (exact) mass is 201 g/mol. The lowest BCUT2D eigenvalue weighted by Gasteiger charge is -2.05. The highest BCUT2D eigenvalue weighted by Gasteiger charge is 2.09. The number of esters is 1. The van der Waals surface area contributed by atoms with Crippen molar-refractivity contribution >= 4 is 5.97 Å². The van der Waals surface area contributed by atoms with Gasteiger partial charge in [0.05, 0.1) is 12.5 Å². The van der Waals surface area contributed by atoms with Crippen molar-refractivity contribution in [2.24, 2.45) is 11.8 Å². The molecule has 0 fully saturated rings. The highest BCUT2D eigenvalue weighted by molar-refractivity contribution is 5.71. The van der Waals surface area contributed by atoms with E-state index in [1.165, 1.54) is 0 Å². The van der Waals surface area contributed by atoms with Crippen molar-refractivity contribution in [1.29, 1.82) is 0 Å². The summed E-state index contributed by atoms with van der Waals surface area (Å²) in [7, 11) is 0. The first kappa shape index (κ1) is 15.9. The van der Waals surface area contributed by atoms with Gasteiger partial charge in [-0.2, -0.15) is 0 Å². The third-order valence-electron chi connectivity index (χ3n) is 1.88. The fraction of sp³-hybridized carbons (Fsp3) is 0.833. The molecule has 1 radical (unpaired) electrons. The smallest absolute Gasteiger partial charge is 0.308 e. The van der Waals surface area contributed by atoms with Crippen LogP contribution in [0.25, 0.3) is 0 Å². The lowest BCUT2D eigenvalue weighted by molar-refractivity contribution is -0.147. The number of hydrogen-bond donors (Lipinski definition) is 0. The zero-order valence-corrected chi connectivity index (χ0v) is 10.3. The van der Waals surface area contributed by atoms with Crippen molar-refractivity contribution < 1.29 is 9.53 Å². The molecule has 0 N–H and O–H groups in total. The van der Waals surface area contributed by atoms with Crippen LogP contribution in [0.15, 0.2) is 0 Å². The van der Waals surface area contributed by atoms with Gasteiger partial charge in [-0.1, -0.05) is 41.0 Å². The van der Waals surface area contributed by atoms with Crippen LogP contribution in [0, 0.1) is 18.8 Å². The van der Waals surface area contributed by atoms with E-state index in [9.17, 15) is 4.79 Å². The van der Waals surface area contributed by atoms with Gasteiger partial charge in [-0.05, 0) is 19.3 Å². The molecule has 0 aliphatic carbocycles. The summed E-state index contributed by atoms with van der Waals surface area (Å²) in [6, 6.07) is 0. The second kappa shape index (κ2) is 10.6. The number of hydrogen-bond acceptors (Lipinski definition) is 2. The molecule has 2 nitrogen and oxygen atoms in total. The van der Waals surface area contributed by atoms with Gasteiger partial charge in [-0.15, -0.1) is 0 Å². The maximum Gasteiger partial charge on any atom is 0.308 e. The molecular formula is C12H25O2. The first-order valence-corrected chi connectivity index (χ1v) is 5.45. The number of rotatable bonds is 4. The molecule has 0 amide bonds. The summed E-state index contributed by atoms with van der Waals surface area (Å²) >= 11 is 0. The molecule has 0 spiro atoms. The molecule has 0 saturated carbocycles. The van der Waals surface area contributed by atoms with Crippen LogP contribution in [-0.4, -0.2) is 12.6 Å². The highest BCUT2D eigenvalue weighted by Crippen LogP contribution is 2.01. The van der Waals surface area contributed by atoms with Crippen LogP contribution < -0.4 is 0 Å². The summed E-state index contributed by atoms with van der Waals surface area (Å²) in [5.41, 5.74) is 0.